The average Bonchev–Trinajstić information content (AvgIpc) is 3.00. The second-order valence-electron chi connectivity index (χ2n) is 6.08. The van der Waals surface area contributed by atoms with Crippen LogP contribution in [0, 0.1) is 20.7 Å². The number of benzene rings is 3. The quantitative estimate of drug-likeness (QED) is 0.469. The first-order valence-corrected chi connectivity index (χ1v) is 8.01. The van der Waals surface area contributed by atoms with Crippen molar-refractivity contribution in [1.29, 1.82) is 0 Å². The molecular formula is C22H20N2. The molecular weight excluding hydrogens is 292 g/mol. The van der Waals surface area contributed by atoms with Gasteiger partial charge in [0.05, 0.1) is 16.7 Å². The smallest absolute Gasteiger partial charge is 0.145 e. The van der Waals surface area contributed by atoms with Gasteiger partial charge in [0.15, 0.2) is 0 Å². The first kappa shape index (κ1) is 11.6. The van der Waals surface area contributed by atoms with Gasteiger partial charge in [-0.15, -0.1) is 0 Å². The fourth-order valence-corrected chi connectivity index (χ4v) is 3.24. The van der Waals surface area contributed by atoms with E-state index in [9.17, 15) is 0 Å². The molecule has 4 aromatic rings. The molecule has 0 saturated carbocycles. The van der Waals surface area contributed by atoms with E-state index >= 15 is 0 Å². The van der Waals surface area contributed by atoms with Crippen molar-refractivity contribution in [3.05, 3.63) is 83.4 Å². The van der Waals surface area contributed by atoms with Gasteiger partial charge in [0.2, 0.25) is 0 Å². The van der Waals surface area contributed by atoms with Gasteiger partial charge in [0.1, 0.15) is 5.82 Å². The lowest BCUT2D eigenvalue weighted by Crippen LogP contribution is -2.02. The van der Waals surface area contributed by atoms with Crippen LogP contribution in [0.25, 0.3) is 28.1 Å². The highest BCUT2D eigenvalue weighted by atomic mass is 15.1. The molecule has 1 aromatic heterocycles. The Bertz CT molecular complexity index is 1110. The molecule has 0 aliphatic carbocycles. The Morgan fingerprint density at radius 2 is 1.62 bits per heavy atom. The molecule has 4 rings (SSSR count). The van der Waals surface area contributed by atoms with Crippen LogP contribution in [0.3, 0.4) is 0 Å². The van der Waals surface area contributed by atoms with Crippen LogP contribution in [-0.4, -0.2) is 9.55 Å². The Morgan fingerprint density at radius 3 is 2.33 bits per heavy atom. The average molecular weight is 315 g/mol. The van der Waals surface area contributed by atoms with Crippen LogP contribution in [0.5, 0.6) is 0 Å². The van der Waals surface area contributed by atoms with Crippen molar-refractivity contribution in [2.24, 2.45) is 0 Å². The maximum atomic E-state index is 7.78. The zero-order valence-corrected chi connectivity index (χ0v) is 13.7. The Morgan fingerprint density at radius 1 is 0.875 bits per heavy atom. The third-order valence-electron chi connectivity index (χ3n) is 4.35. The number of rotatable bonds is 2. The molecule has 3 aromatic carbocycles. The molecule has 0 N–H and O–H groups in total. The van der Waals surface area contributed by atoms with Crippen molar-refractivity contribution in [1.82, 2.24) is 9.55 Å². The highest BCUT2D eigenvalue weighted by molar-refractivity contribution is 5.84. The molecule has 0 radical (unpaired) electrons. The summed E-state index contributed by atoms with van der Waals surface area (Å²) in [5.74, 6) is 0.811. The lowest BCUT2D eigenvalue weighted by atomic mass is 10.1. The monoisotopic (exact) mass is 315 g/mol. The molecule has 0 atom stereocenters. The molecule has 2 nitrogen and oxygen atoms in total. The first-order valence-electron chi connectivity index (χ1n) is 9.51. The zero-order valence-electron chi connectivity index (χ0n) is 16.7. The fourth-order valence-electron chi connectivity index (χ4n) is 3.24. The Kier molecular flexibility index (Phi) is 2.74. The number of hydrogen-bond donors (Lipinski definition) is 0. The molecule has 0 saturated heterocycles. The second kappa shape index (κ2) is 5.64. The van der Waals surface area contributed by atoms with Gasteiger partial charge in [0.25, 0.3) is 0 Å². The van der Waals surface area contributed by atoms with Gasteiger partial charge in [-0.1, -0.05) is 54.6 Å². The van der Waals surface area contributed by atoms with E-state index in [4.69, 9.17) is 9.10 Å². The number of nitrogens with zero attached hydrogens (tertiary/aromatic N) is 2. The summed E-state index contributed by atoms with van der Waals surface area (Å²) in [6.07, 6.45) is 0. The van der Waals surface area contributed by atoms with Gasteiger partial charge in [-0.05, 0) is 49.5 Å². The van der Waals surface area contributed by atoms with Crippen LogP contribution < -0.4 is 0 Å². The third-order valence-corrected chi connectivity index (χ3v) is 4.35. The largest absolute Gasteiger partial charge is 0.292 e. The van der Waals surface area contributed by atoms with E-state index < -0.39 is 6.85 Å². The molecule has 0 spiro atoms. The third kappa shape index (κ3) is 2.31. The zero-order chi connectivity index (χ0) is 19.2. The van der Waals surface area contributed by atoms with Crippen LogP contribution in [0.4, 0.5) is 0 Å². The summed E-state index contributed by atoms with van der Waals surface area (Å²) >= 11 is 0. The highest BCUT2D eigenvalue weighted by Crippen LogP contribution is 2.32. The molecule has 2 heteroatoms. The maximum Gasteiger partial charge on any atom is 0.145 e. The minimum absolute atomic E-state index is 0.321. The number of hydrogen-bond acceptors (Lipinski definition) is 1. The molecule has 0 fully saturated rings. The van der Waals surface area contributed by atoms with Crippen LogP contribution in [0.1, 0.15) is 20.8 Å². The number of aryl methyl sites for hydroxylation is 3. The van der Waals surface area contributed by atoms with Gasteiger partial charge >= 0.3 is 0 Å². The lowest BCUT2D eigenvalue weighted by molar-refractivity contribution is 1.06. The molecule has 0 aliphatic heterocycles. The Balaban J connectivity index is 2.12. The van der Waals surface area contributed by atoms with E-state index in [1.165, 1.54) is 0 Å². The minimum Gasteiger partial charge on any atom is -0.292 e. The van der Waals surface area contributed by atoms with Crippen molar-refractivity contribution in [2.75, 3.05) is 0 Å². The summed E-state index contributed by atoms with van der Waals surface area (Å²) in [5, 5.41) is 0. The summed E-state index contributed by atoms with van der Waals surface area (Å²) in [6, 6.07) is 21.3. The van der Waals surface area contributed by atoms with E-state index in [0.29, 0.717) is 5.56 Å². The van der Waals surface area contributed by atoms with E-state index in [1.54, 1.807) is 18.2 Å². The van der Waals surface area contributed by atoms with Crippen molar-refractivity contribution in [3.63, 3.8) is 0 Å². The second-order valence-corrected chi connectivity index (χ2v) is 6.08. The van der Waals surface area contributed by atoms with Gasteiger partial charge in [0, 0.05) is 9.68 Å². The standard InChI is InChI=1S/C22H20N2/c1-15-12-13-19-20(14-15)24(21-16(2)8-7-9-17(21)3)22(23-19)18-10-5-4-6-11-18/h4-14H,1-3H3/i1D3. The summed E-state index contributed by atoms with van der Waals surface area (Å²) in [7, 11) is 0. The maximum absolute atomic E-state index is 7.78. The lowest BCUT2D eigenvalue weighted by Gasteiger charge is -2.15. The van der Waals surface area contributed by atoms with Gasteiger partial charge < -0.3 is 0 Å². The molecule has 0 unspecified atom stereocenters. The van der Waals surface area contributed by atoms with E-state index in [2.05, 4.69) is 30.5 Å². The van der Waals surface area contributed by atoms with Crippen molar-refractivity contribution < 1.29 is 4.11 Å². The summed E-state index contributed by atoms with van der Waals surface area (Å²) < 4.78 is 25.4. The molecule has 118 valence electrons. The predicted octanol–water partition coefficient (Wildman–Crippen LogP) is 5.62. The van der Waals surface area contributed by atoms with Crippen molar-refractivity contribution in [2.45, 2.75) is 20.7 Å². The predicted molar refractivity (Wildman–Crippen MR) is 101 cm³/mol. The molecule has 0 bridgehead atoms. The van der Waals surface area contributed by atoms with E-state index in [1.807, 2.05) is 36.4 Å². The van der Waals surface area contributed by atoms with Crippen LogP contribution in [-0.2, 0) is 0 Å². The first-order chi connectivity index (χ1) is 12.9. The van der Waals surface area contributed by atoms with Crippen LogP contribution in [0.2, 0.25) is 0 Å². The topological polar surface area (TPSA) is 17.8 Å². The van der Waals surface area contributed by atoms with E-state index in [-0.39, 0.29) is 0 Å². The van der Waals surface area contributed by atoms with Gasteiger partial charge in [-0.3, -0.25) is 4.57 Å². The van der Waals surface area contributed by atoms with Crippen molar-refractivity contribution >= 4 is 11.0 Å². The Hall–Kier alpha value is -2.87. The van der Waals surface area contributed by atoms with Crippen LogP contribution >= 0.6 is 0 Å². The van der Waals surface area contributed by atoms with E-state index in [0.717, 1.165) is 39.2 Å². The van der Waals surface area contributed by atoms with Gasteiger partial charge in [-0.25, -0.2) is 4.98 Å². The summed E-state index contributed by atoms with van der Waals surface area (Å²) in [5.41, 5.74) is 6.18. The number of fused-ring (bicyclic) bond motifs is 1. The number of imidazole rings is 1. The molecule has 0 amide bonds. The molecule has 1 heterocycles. The highest BCUT2D eigenvalue weighted by Gasteiger charge is 2.17. The summed E-state index contributed by atoms with van der Waals surface area (Å²) in [4.78, 5) is 4.84. The van der Waals surface area contributed by atoms with Crippen LogP contribution in [0.15, 0.2) is 66.7 Å². The fraction of sp³-hybridized carbons (Fsp3) is 0.136. The van der Waals surface area contributed by atoms with Crippen molar-refractivity contribution in [3.8, 4) is 17.1 Å². The molecule has 0 aliphatic rings. The normalized spacial score (nSPS) is 13.5. The molecule has 24 heavy (non-hydrogen) atoms. The Labute approximate surface area is 146 Å². The number of para-hydroxylation sites is 1. The summed E-state index contributed by atoms with van der Waals surface area (Å²) in [6.45, 7) is 1.98. The van der Waals surface area contributed by atoms with Gasteiger partial charge in [-0.2, -0.15) is 0 Å². The number of aromatic nitrogens is 2. The SMILES string of the molecule is [2H]C([2H])([2H])c1ccc2nc(-c3ccccc3)n(-c3c(C)cccc3C)c2c1. The minimum atomic E-state index is -2.16.